The first-order chi connectivity index (χ1) is 19.0. The van der Waals surface area contributed by atoms with Gasteiger partial charge in [0, 0.05) is 5.69 Å². The van der Waals surface area contributed by atoms with Gasteiger partial charge in [-0.05, 0) is 47.9 Å². The standard InChI is InChI=1S/C22H18N6O10S3/c23-12-6-7-15(39(30,31)32)14(10-12)26-28-21-17(41(36,37)38)9-11-8-16(40(33,34)35)20(19(24)18(11)22(21)29)27-25-13-4-2-1-3-5-13/h1-10,29H,23-24H2,(H,30,31,32)(H,33,34,35)(H,36,37,38). The molecule has 16 nitrogen and oxygen atoms in total. The van der Waals surface area contributed by atoms with Crippen molar-refractivity contribution in [2.24, 2.45) is 20.5 Å². The van der Waals surface area contributed by atoms with Crippen LogP contribution < -0.4 is 11.5 Å². The lowest BCUT2D eigenvalue weighted by molar-refractivity contribution is 0.472. The highest BCUT2D eigenvalue weighted by Crippen LogP contribution is 2.48. The van der Waals surface area contributed by atoms with Crippen LogP contribution in [0.3, 0.4) is 0 Å². The fourth-order valence-corrected chi connectivity index (χ4v) is 5.57. The number of anilines is 2. The van der Waals surface area contributed by atoms with E-state index >= 15 is 0 Å². The molecule has 0 bridgehead atoms. The Morgan fingerprint density at radius 1 is 0.610 bits per heavy atom. The molecule has 19 heteroatoms. The van der Waals surface area contributed by atoms with Crippen molar-refractivity contribution in [1.29, 1.82) is 0 Å². The van der Waals surface area contributed by atoms with Crippen LogP contribution in [-0.4, -0.2) is 44.0 Å². The lowest BCUT2D eigenvalue weighted by atomic mass is 10.1. The Morgan fingerprint density at radius 2 is 1.15 bits per heavy atom. The Bertz CT molecular complexity index is 2100. The molecule has 0 spiro atoms. The van der Waals surface area contributed by atoms with Gasteiger partial charge in [0.05, 0.1) is 16.8 Å². The number of benzene rings is 4. The summed E-state index contributed by atoms with van der Waals surface area (Å²) < 4.78 is 101. The summed E-state index contributed by atoms with van der Waals surface area (Å²) >= 11 is 0. The summed E-state index contributed by atoms with van der Waals surface area (Å²) in [6.45, 7) is 0. The maximum atomic E-state index is 12.2. The number of nitrogens with two attached hydrogens (primary N) is 2. The Hall–Kier alpha value is -4.53. The summed E-state index contributed by atoms with van der Waals surface area (Å²) in [7, 11) is -15.1. The first kappa shape index (κ1) is 29.5. The van der Waals surface area contributed by atoms with Crippen molar-refractivity contribution in [2.75, 3.05) is 11.5 Å². The van der Waals surface area contributed by atoms with Crippen molar-refractivity contribution in [3.63, 3.8) is 0 Å². The van der Waals surface area contributed by atoms with Gasteiger partial charge in [0.25, 0.3) is 30.4 Å². The highest BCUT2D eigenvalue weighted by Gasteiger charge is 2.28. The van der Waals surface area contributed by atoms with E-state index < -0.39 is 84.3 Å². The molecule has 0 aromatic heterocycles. The van der Waals surface area contributed by atoms with Crippen LogP contribution in [0.5, 0.6) is 5.75 Å². The molecule has 0 amide bonds. The van der Waals surface area contributed by atoms with Crippen molar-refractivity contribution in [3.8, 4) is 5.75 Å². The third-order valence-electron chi connectivity index (χ3n) is 5.41. The van der Waals surface area contributed by atoms with Gasteiger partial charge in [0.2, 0.25) is 0 Å². The molecule has 0 saturated carbocycles. The number of aromatic hydroxyl groups is 1. The van der Waals surface area contributed by atoms with E-state index in [0.29, 0.717) is 6.07 Å². The number of fused-ring (bicyclic) bond motifs is 1. The third-order valence-corrected chi connectivity index (χ3v) is 8.05. The van der Waals surface area contributed by atoms with E-state index in [1.165, 1.54) is 12.1 Å². The van der Waals surface area contributed by atoms with Crippen LogP contribution in [0.25, 0.3) is 10.8 Å². The van der Waals surface area contributed by atoms with Crippen LogP contribution in [0.1, 0.15) is 0 Å². The molecular formula is C22H18N6O10S3. The largest absolute Gasteiger partial charge is 0.505 e. The molecule has 0 radical (unpaired) electrons. The second-order valence-electron chi connectivity index (χ2n) is 8.19. The van der Waals surface area contributed by atoms with Crippen molar-refractivity contribution in [3.05, 3.63) is 60.7 Å². The maximum Gasteiger partial charge on any atom is 0.296 e. The average molecular weight is 623 g/mol. The van der Waals surface area contributed by atoms with E-state index in [-0.39, 0.29) is 11.4 Å². The smallest absolute Gasteiger partial charge is 0.296 e. The zero-order chi connectivity index (χ0) is 30.3. The van der Waals surface area contributed by atoms with Crippen molar-refractivity contribution < 1.29 is 44.0 Å². The van der Waals surface area contributed by atoms with Gasteiger partial charge >= 0.3 is 0 Å². The highest BCUT2D eigenvalue weighted by molar-refractivity contribution is 7.86. The first-order valence-corrected chi connectivity index (χ1v) is 15.1. The minimum atomic E-state index is -5.22. The van der Waals surface area contributed by atoms with E-state index in [4.69, 9.17) is 11.5 Å². The number of hydrogen-bond donors (Lipinski definition) is 6. The molecule has 4 aromatic rings. The number of phenols is 1. The number of azo groups is 2. The van der Waals surface area contributed by atoms with Gasteiger partial charge in [-0.1, -0.05) is 18.2 Å². The molecule has 214 valence electrons. The van der Waals surface area contributed by atoms with E-state index in [1.54, 1.807) is 18.2 Å². The fourth-order valence-electron chi connectivity index (χ4n) is 3.64. The lowest BCUT2D eigenvalue weighted by Gasteiger charge is -2.14. The maximum absolute atomic E-state index is 12.2. The molecule has 41 heavy (non-hydrogen) atoms. The fraction of sp³-hybridized carbons (Fsp3) is 0. The Labute approximate surface area is 231 Å². The Kier molecular flexibility index (Phi) is 7.52. The third kappa shape index (κ3) is 6.14. The molecule has 0 heterocycles. The van der Waals surface area contributed by atoms with Gasteiger partial charge in [-0.3, -0.25) is 13.7 Å². The zero-order valence-electron chi connectivity index (χ0n) is 20.2. The van der Waals surface area contributed by atoms with Gasteiger partial charge in [0.15, 0.2) is 5.75 Å². The summed E-state index contributed by atoms with van der Waals surface area (Å²) in [4.78, 5) is -2.79. The number of rotatable bonds is 7. The number of nitrogen functional groups attached to an aromatic ring is 2. The molecule has 0 saturated heterocycles. The molecular weight excluding hydrogens is 604 g/mol. The van der Waals surface area contributed by atoms with Gasteiger partial charge in [-0.2, -0.15) is 30.4 Å². The normalized spacial score (nSPS) is 13.0. The predicted molar refractivity (Wildman–Crippen MR) is 145 cm³/mol. The molecule has 0 aliphatic heterocycles. The molecule has 0 unspecified atom stereocenters. The Balaban J connectivity index is 2.06. The molecule has 0 atom stereocenters. The number of hydrogen-bond acceptors (Lipinski definition) is 13. The van der Waals surface area contributed by atoms with E-state index in [1.807, 2.05) is 0 Å². The molecule has 0 aliphatic carbocycles. The van der Waals surface area contributed by atoms with Crippen molar-refractivity contribution in [2.45, 2.75) is 14.7 Å². The summed E-state index contributed by atoms with van der Waals surface area (Å²) in [5.41, 5.74) is 9.21. The van der Waals surface area contributed by atoms with Crippen LogP contribution in [-0.2, 0) is 30.4 Å². The molecule has 4 rings (SSSR count). The molecule has 0 fully saturated rings. The predicted octanol–water partition coefficient (Wildman–Crippen LogP) is 4.28. The monoisotopic (exact) mass is 622 g/mol. The number of nitrogens with zero attached hydrogens (tertiary/aromatic N) is 4. The summed E-state index contributed by atoms with van der Waals surface area (Å²) in [5, 5.41) is 25.0. The zero-order valence-corrected chi connectivity index (χ0v) is 22.6. The quantitative estimate of drug-likeness (QED) is 0.0956. The SMILES string of the molecule is Nc1ccc(S(=O)(=O)O)c(N=Nc2c(S(=O)(=O)O)cc3cc(S(=O)(=O)O)c(N=Nc4ccccc4)c(N)c3c2O)c1. The van der Waals surface area contributed by atoms with Crippen LogP contribution in [0.15, 0.2) is 95.8 Å². The summed E-state index contributed by atoms with van der Waals surface area (Å²) in [6, 6.07) is 12.3. The summed E-state index contributed by atoms with van der Waals surface area (Å²) in [5.74, 6) is -1.06. The van der Waals surface area contributed by atoms with Crippen LogP contribution >= 0.6 is 0 Å². The molecule has 0 aliphatic rings. The van der Waals surface area contributed by atoms with Gasteiger partial charge < -0.3 is 16.6 Å². The van der Waals surface area contributed by atoms with Gasteiger partial charge in [-0.15, -0.1) is 15.3 Å². The second kappa shape index (κ2) is 10.5. The topological polar surface area (TPSA) is 285 Å². The number of phenolic OH excluding ortho intramolecular Hbond substituents is 1. The van der Waals surface area contributed by atoms with Crippen LogP contribution in [0, 0.1) is 0 Å². The first-order valence-electron chi connectivity index (χ1n) is 10.8. The lowest BCUT2D eigenvalue weighted by Crippen LogP contribution is -2.04. The van der Waals surface area contributed by atoms with Gasteiger partial charge in [-0.25, -0.2) is 0 Å². The minimum Gasteiger partial charge on any atom is -0.505 e. The average Bonchev–Trinajstić information content (AvgIpc) is 2.85. The summed E-state index contributed by atoms with van der Waals surface area (Å²) in [6.07, 6.45) is 0. The van der Waals surface area contributed by atoms with Gasteiger partial charge in [0.1, 0.15) is 31.7 Å². The van der Waals surface area contributed by atoms with Crippen molar-refractivity contribution >= 4 is 75.3 Å². The highest BCUT2D eigenvalue weighted by atomic mass is 32.2. The van der Waals surface area contributed by atoms with Crippen LogP contribution in [0.2, 0.25) is 0 Å². The second-order valence-corrected chi connectivity index (χ2v) is 12.4. The van der Waals surface area contributed by atoms with E-state index in [2.05, 4.69) is 20.5 Å². The molecule has 4 aromatic carbocycles. The minimum absolute atomic E-state index is 0.0282. The van der Waals surface area contributed by atoms with E-state index in [0.717, 1.165) is 24.3 Å². The molecule has 8 N–H and O–H groups in total. The van der Waals surface area contributed by atoms with E-state index in [9.17, 15) is 44.0 Å². The van der Waals surface area contributed by atoms with Crippen LogP contribution in [0.4, 0.5) is 34.1 Å². The Morgan fingerprint density at radius 3 is 1.71 bits per heavy atom. The van der Waals surface area contributed by atoms with Crippen molar-refractivity contribution in [1.82, 2.24) is 0 Å².